The van der Waals surface area contributed by atoms with Gasteiger partial charge in [-0.25, -0.2) is 4.98 Å². The number of rotatable bonds is 2. The van der Waals surface area contributed by atoms with Crippen molar-refractivity contribution < 1.29 is 22.4 Å². The molecule has 4 rings (SSSR count). The molecular formula is C16H14ClF3N4O2. The van der Waals surface area contributed by atoms with E-state index < -0.39 is 17.6 Å². The summed E-state index contributed by atoms with van der Waals surface area (Å²) in [5.41, 5.74) is 5.19. The Bertz CT molecular complexity index is 946. The van der Waals surface area contributed by atoms with Gasteiger partial charge >= 0.3 is 6.18 Å². The second kappa shape index (κ2) is 6.33. The van der Waals surface area contributed by atoms with Gasteiger partial charge in [-0.1, -0.05) is 0 Å². The normalized spacial score (nSPS) is 15.0. The molecule has 0 spiro atoms. The van der Waals surface area contributed by atoms with E-state index in [9.17, 15) is 18.0 Å². The van der Waals surface area contributed by atoms with Crippen molar-refractivity contribution in [1.29, 1.82) is 0 Å². The zero-order valence-corrected chi connectivity index (χ0v) is 14.0. The molecule has 1 aliphatic rings. The van der Waals surface area contributed by atoms with Gasteiger partial charge in [0.25, 0.3) is 5.91 Å². The zero-order chi connectivity index (χ0) is 17.8. The lowest BCUT2D eigenvalue weighted by Crippen LogP contribution is -2.57. The molecule has 10 heteroatoms. The third-order valence-corrected chi connectivity index (χ3v) is 4.13. The number of amides is 1. The van der Waals surface area contributed by atoms with E-state index >= 15 is 0 Å². The van der Waals surface area contributed by atoms with Crippen LogP contribution in [0.15, 0.2) is 41.5 Å². The molecule has 1 fully saturated rings. The number of imidazole rings is 1. The van der Waals surface area contributed by atoms with Crippen LogP contribution >= 0.6 is 12.4 Å². The number of nitrogens with two attached hydrogens (primary N) is 1. The lowest BCUT2D eigenvalue weighted by Gasteiger charge is -2.36. The van der Waals surface area contributed by atoms with Crippen LogP contribution < -0.4 is 5.73 Å². The van der Waals surface area contributed by atoms with Crippen LogP contribution in [0.4, 0.5) is 13.2 Å². The largest absolute Gasteiger partial charge is 0.472 e. The zero-order valence-electron chi connectivity index (χ0n) is 13.2. The van der Waals surface area contributed by atoms with Crippen LogP contribution in [0.2, 0.25) is 0 Å². The number of hydrogen-bond donors (Lipinski definition) is 1. The predicted molar refractivity (Wildman–Crippen MR) is 89.0 cm³/mol. The van der Waals surface area contributed by atoms with Gasteiger partial charge in [0, 0.05) is 42.7 Å². The molecule has 0 atom stereocenters. The molecule has 0 aliphatic carbocycles. The maximum Gasteiger partial charge on any atom is 0.420 e. The number of likely N-dealkylation sites (tertiary alicyclic amines) is 1. The molecule has 4 heterocycles. The average Bonchev–Trinajstić information content (AvgIpc) is 3.17. The topological polar surface area (TPSA) is 76.8 Å². The van der Waals surface area contributed by atoms with E-state index in [1.807, 2.05) is 0 Å². The summed E-state index contributed by atoms with van der Waals surface area (Å²) in [6, 6.07) is 2.46. The number of fused-ring (bicyclic) bond motifs is 1. The van der Waals surface area contributed by atoms with Gasteiger partial charge in [0.1, 0.15) is 11.3 Å². The molecule has 0 radical (unpaired) electrons. The van der Waals surface area contributed by atoms with Crippen LogP contribution in [0.25, 0.3) is 16.8 Å². The molecule has 2 N–H and O–H groups in total. The fraction of sp³-hybridized carbons (Fsp3) is 0.250. The maximum atomic E-state index is 13.4. The van der Waals surface area contributed by atoms with Crippen molar-refractivity contribution in [2.75, 3.05) is 13.1 Å². The van der Waals surface area contributed by atoms with E-state index in [0.717, 1.165) is 6.07 Å². The number of pyridine rings is 1. The highest BCUT2D eigenvalue weighted by Crippen LogP contribution is 2.35. The summed E-state index contributed by atoms with van der Waals surface area (Å²) in [6.45, 7) is 0.748. The quantitative estimate of drug-likeness (QED) is 0.734. The Morgan fingerprint density at radius 1 is 1.27 bits per heavy atom. The fourth-order valence-corrected chi connectivity index (χ4v) is 2.84. The van der Waals surface area contributed by atoms with E-state index in [1.54, 1.807) is 6.07 Å². The summed E-state index contributed by atoms with van der Waals surface area (Å²) < 4.78 is 46.5. The first-order valence-corrected chi connectivity index (χ1v) is 7.50. The molecular weight excluding hydrogens is 373 g/mol. The first kappa shape index (κ1) is 18.3. The van der Waals surface area contributed by atoms with Crippen LogP contribution in [-0.4, -0.2) is 39.3 Å². The third kappa shape index (κ3) is 3.04. The third-order valence-electron chi connectivity index (χ3n) is 4.13. The summed E-state index contributed by atoms with van der Waals surface area (Å²) in [5.74, 6) is -0.427. The molecule has 6 nitrogen and oxygen atoms in total. The van der Waals surface area contributed by atoms with Gasteiger partial charge in [-0.05, 0) is 12.1 Å². The SMILES string of the molecule is Cl.NC1CN(C(=O)c2cn3cc(-c4ccoc4)cc(C(F)(F)F)c3n2)C1. The predicted octanol–water partition coefficient (Wildman–Crippen LogP) is 2.82. The van der Waals surface area contributed by atoms with Gasteiger partial charge in [-0.3, -0.25) is 4.79 Å². The van der Waals surface area contributed by atoms with Crippen LogP contribution in [0, 0.1) is 0 Å². The Morgan fingerprint density at radius 3 is 2.58 bits per heavy atom. The summed E-state index contributed by atoms with van der Waals surface area (Å²) in [7, 11) is 0. The Kier molecular flexibility index (Phi) is 4.45. The number of halogens is 4. The van der Waals surface area contributed by atoms with Crippen molar-refractivity contribution in [3.63, 3.8) is 0 Å². The first-order chi connectivity index (χ1) is 11.8. The van der Waals surface area contributed by atoms with Gasteiger partial charge in [0.05, 0.1) is 18.1 Å². The van der Waals surface area contributed by atoms with Gasteiger partial charge in [-0.2, -0.15) is 13.2 Å². The van der Waals surface area contributed by atoms with Gasteiger partial charge in [-0.15, -0.1) is 12.4 Å². The smallest absolute Gasteiger partial charge is 0.420 e. The van der Waals surface area contributed by atoms with Crippen molar-refractivity contribution in [2.45, 2.75) is 12.2 Å². The fourth-order valence-electron chi connectivity index (χ4n) is 2.84. The lowest BCUT2D eigenvalue weighted by molar-refractivity contribution is -0.136. The molecule has 1 saturated heterocycles. The highest BCUT2D eigenvalue weighted by molar-refractivity contribution is 5.93. The number of alkyl halides is 3. The molecule has 0 saturated carbocycles. The van der Waals surface area contributed by atoms with Crippen molar-refractivity contribution in [2.24, 2.45) is 5.73 Å². The monoisotopic (exact) mass is 386 g/mol. The molecule has 0 aromatic carbocycles. The van der Waals surface area contributed by atoms with E-state index in [1.165, 1.54) is 34.2 Å². The Labute approximate surface area is 151 Å². The molecule has 3 aromatic rings. The van der Waals surface area contributed by atoms with Gasteiger partial charge < -0.3 is 19.5 Å². The van der Waals surface area contributed by atoms with Crippen molar-refractivity contribution in [3.05, 3.63) is 48.3 Å². The summed E-state index contributed by atoms with van der Waals surface area (Å²) in [4.78, 5) is 17.7. The van der Waals surface area contributed by atoms with Crippen LogP contribution in [0.1, 0.15) is 16.1 Å². The second-order valence-corrected chi connectivity index (χ2v) is 5.98. The van der Waals surface area contributed by atoms with E-state index in [2.05, 4.69) is 4.98 Å². The van der Waals surface area contributed by atoms with Crippen LogP contribution in [0.5, 0.6) is 0 Å². The Morgan fingerprint density at radius 2 is 2.00 bits per heavy atom. The molecule has 1 aliphatic heterocycles. The summed E-state index contributed by atoms with van der Waals surface area (Å²) in [6.07, 6.45) is 0.918. The molecule has 26 heavy (non-hydrogen) atoms. The minimum Gasteiger partial charge on any atom is -0.472 e. The standard InChI is InChI=1S/C16H13F3N4O2.ClH/c17-16(18,19)12-3-10(9-1-2-25-8-9)4-22-7-13(21-14(12)22)15(24)23-5-11(20)6-23;/h1-4,7-8,11H,5-6,20H2;1H. The second-order valence-electron chi connectivity index (χ2n) is 5.98. The van der Waals surface area contributed by atoms with E-state index in [0.29, 0.717) is 24.2 Å². The highest BCUT2D eigenvalue weighted by atomic mass is 35.5. The van der Waals surface area contributed by atoms with Gasteiger partial charge in [0.2, 0.25) is 0 Å². The molecule has 0 unspecified atom stereocenters. The molecule has 3 aromatic heterocycles. The van der Waals surface area contributed by atoms with Crippen molar-refractivity contribution in [3.8, 4) is 11.1 Å². The van der Waals surface area contributed by atoms with Gasteiger partial charge in [0.15, 0.2) is 0 Å². The molecule has 1 amide bonds. The highest BCUT2D eigenvalue weighted by Gasteiger charge is 2.36. The number of nitrogens with zero attached hydrogens (tertiary/aromatic N) is 3. The number of aromatic nitrogens is 2. The van der Waals surface area contributed by atoms with E-state index in [4.69, 9.17) is 10.2 Å². The van der Waals surface area contributed by atoms with Crippen molar-refractivity contribution >= 4 is 24.0 Å². The number of hydrogen-bond acceptors (Lipinski definition) is 4. The van der Waals surface area contributed by atoms with Crippen LogP contribution in [-0.2, 0) is 6.18 Å². The Balaban J connectivity index is 0.00000196. The minimum absolute atomic E-state index is 0. The average molecular weight is 387 g/mol. The van der Waals surface area contributed by atoms with Crippen LogP contribution in [0.3, 0.4) is 0 Å². The maximum absolute atomic E-state index is 13.4. The Hall–Kier alpha value is -2.52. The number of carbonyl (C=O) groups excluding carboxylic acids is 1. The summed E-state index contributed by atoms with van der Waals surface area (Å²) in [5, 5.41) is 0. The molecule has 0 bridgehead atoms. The lowest BCUT2D eigenvalue weighted by atomic mass is 10.1. The van der Waals surface area contributed by atoms with E-state index in [-0.39, 0.29) is 29.8 Å². The molecule has 138 valence electrons. The summed E-state index contributed by atoms with van der Waals surface area (Å²) >= 11 is 0. The minimum atomic E-state index is -4.61. The number of carbonyl (C=O) groups is 1. The first-order valence-electron chi connectivity index (χ1n) is 7.50. The number of furan rings is 1. The van der Waals surface area contributed by atoms with Crippen molar-refractivity contribution in [1.82, 2.24) is 14.3 Å².